The molecule has 1 aromatic rings. The number of anilines is 1. The van der Waals surface area contributed by atoms with E-state index in [1.165, 1.54) is 6.92 Å². The Hall–Kier alpha value is -2.37. The Labute approximate surface area is 136 Å². The van der Waals surface area contributed by atoms with Crippen molar-refractivity contribution in [2.75, 3.05) is 25.0 Å². The van der Waals surface area contributed by atoms with Gasteiger partial charge in [0.1, 0.15) is 0 Å². The number of nitrogens with zero attached hydrogens (tertiary/aromatic N) is 1. The first-order valence-corrected chi connectivity index (χ1v) is 7.80. The summed E-state index contributed by atoms with van der Waals surface area (Å²) in [6.45, 7) is 6.60. The fraction of sp³-hybridized carbons (Fsp3) is 0.471. The summed E-state index contributed by atoms with van der Waals surface area (Å²) in [5, 5.41) is 2.75. The Kier molecular flexibility index (Phi) is 7.80. The lowest BCUT2D eigenvalue weighted by atomic mass is 10.2. The van der Waals surface area contributed by atoms with E-state index >= 15 is 0 Å². The Bertz CT molecular complexity index is 540. The van der Waals surface area contributed by atoms with Gasteiger partial charge in [-0.25, -0.2) is 4.79 Å². The van der Waals surface area contributed by atoms with Crippen LogP contribution in [0.15, 0.2) is 24.3 Å². The van der Waals surface area contributed by atoms with Crippen LogP contribution in [0.2, 0.25) is 0 Å². The molecule has 0 spiro atoms. The fourth-order valence-corrected chi connectivity index (χ4v) is 2.06. The van der Waals surface area contributed by atoms with E-state index in [1.54, 1.807) is 36.1 Å². The van der Waals surface area contributed by atoms with Crippen LogP contribution in [0.5, 0.6) is 0 Å². The zero-order valence-corrected chi connectivity index (χ0v) is 13.9. The normalized spacial score (nSPS) is 10.0. The zero-order chi connectivity index (χ0) is 17.2. The largest absolute Gasteiger partial charge is 0.462 e. The van der Waals surface area contributed by atoms with Crippen molar-refractivity contribution >= 4 is 23.5 Å². The Morgan fingerprint density at radius 1 is 1.09 bits per heavy atom. The minimum absolute atomic E-state index is 0.0292. The second-order valence-electron chi connectivity index (χ2n) is 5.10. The average molecular weight is 320 g/mol. The molecule has 126 valence electrons. The summed E-state index contributed by atoms with van der Waals surface area (Å²) in [6, 6.07) is 6.51. The maximum atomic E-state index is 11.9. The molecule has 0 aromatic heterocycles. The van der Waals surface area contributed by atoms with Crippen molar-refractivity contribution in [3.8, 4) is 0 Å². The zero-order valence-electron chi connectivity index (χ0n) is 13.9. The highest BCUT2D eigenvalue weighted by atomic mass is 16.5. The first-order valence-electron chi connectivity index (χ1n) is 7.80. The van der Waals surface area contributed by atoms with Crippen molar-refractivity contribution < 1.29 is 19.1 Å². The second kappa shape index (κ2) is 9.61. The van der Waals surface area contributed by atoms with Gasteiger partial charge in [0.15, 0.2) is 0 Å². The Morgan fingerprint density at radius 2 is 1.74 bits per heavy atom. The highest BCUT2D eigenvalue weighted by Gasteiger charge is 2.11. The molecule has 0 atom stereocenters. The van der Waals surface area contributed by atoms with Gasteiger partial charge < -0.3 is 15.0 Å². The minimum Gasteiger partial charge on any atom is -0.462 e. The van der Waals surface area contributed by atoms with E-state index in [0.29, 0.717) is 30.9 Å². The molecule has 1 N–H and O–H groups in total. The number of hydrogen-bond acceptors (Lipinski definition) is 4. The van der Waals surface area contributed by atoms with Crippen LogP contribution in [0.25, 0.3) is 0 Å². The summed E-state index contributed by atoms with van der Waals surface area (Å²) >= 11 is 0. The highest BCUT2D eigenvalue weighted by Crippen LogP contribution is 2.11. The van der Waals surface area contributed by atoms with Crippen molar-refractivity contribution in [1.82, 2.24) is 4.90 Å². The van der Waals surface area contributed by atoms with Gasteiger partial charge in [0.2, 0.25) is 11.8 Å². The van der Waals surface area contributed by atoms with E-state index in [9.17, 15) is 14.4 Å². The first-order chi connectivity index (χ1) is 11.0. The van der Waals surface area contributed by atoms with Crippen LogP contribution in [0, 0.1) is 0 Å². The van der Waals surface area contributed by atoms with E-state index in [4.69, 9.17) is 4.74 Å². The number of rotatable bonds is 8. The fourth-order valence-electron chi connectivity index (χ4n) is 2.06. The van der Waals surface area contributed by atoms with Gasteiger partial charge in [-0.05, 0) is 37.6 Å². The summed E-state index contributed by atoms with van der Waals surface area (Å²) in [5.74, 6) is -0.586. The van der Waals surface area contributed by atoms with Crippen molar-refractivity contribution in [3.05, 3.63) is 29.8 Å². The second-order valence-corrected chi connectivity index (χ2v) is 5.10. The number of benzene rings is 1. The van der Waals surface area contributed by atoms with Crippen molar-refractivity contribution in [2.45, 2.75) is 33.6 Å². The van der Waals surface area contributed by atoms with Gasteiger partial charge in [-0.15, -0.1) is 0 Å². The third kappa shape index (κ3) is 6.50. The molecule has 1 aromatic carbocycles. The van der Waals surface area contributed by atoms with Crippen LogP contribution in [-0.4, -0.2) is 42.4 Å². The molecule has 0 saturated heterocycles. The predicted molar refractivity (Wildman–Crippen MR) is 88.2 cm³/mol. The average Bonchev–Trinajstić information content (AvgIpc) is 2.52. The van der Waals surface area contributed by atoms with Crippen molar-refractivity contribution in [3.63, 3.8) is 0 Å². The third-order valence-electron chi connectivity index (χ3n) is 3.23. The summed E-state index contributed by atoms with van der Waals surface area (Å²) in [5.41, 5.74) is 1.04. The van der Waals surface area contributed by atoms with Crippen LogP contribution in [-0.2, 0) is 14.3 Å². The molecular formula is C17H24N2O4. The van der Waals surface area contributed by atoms with Gasteiger partial charge in [-0.1, -0.05) is 6.92 Å². The number of ether oxygens (including phenoxy) is 1. The maximum Gasteiger partial charge on any atom is 0.338 e. The van der Waals surface area contributed by atoms with Crippen molar-refractivity contribution in [1.29, 1.82) is 0 Å². The highest BCUT2D eigenvalue weighted by molar-refractivity contribution is 5.93. The molecule has 6 heteroatoms. The predicted octanol–water partition coefficient (Wildman–Crippen LogP) is 2.45. The molecule has 0 aliphatic carbocycles. The molecule has 0 saturated carbocycles. The van der Waals surface area contributed by atoms with Crippen molar-refractivity contribution in [2.24, 2.45) is 0 Å². The molecule has 0 bridgehead atoms. The summed E-state index contributed by atoms with van der Waals surface area (Å²) in [4.78, 5) is 36.5. The quantitative estimate of drug-likeness (QED) is 0.747. The number of esters is 1. The Morgan fingerprint density at radius 3 is 2.26 bits per heavy atom. The molecule has 0 aliphatic rings. The van der Waals surface area contributed by atoms with E-state index in [-0.39, 0.29) is 24.2 Å². The molecule has 2 amide bonds. The summed E-state index contributed by atoms with van der Waals surface area (Å²) in [7, 11) is 0. The summed E-state index contributed by atoms with van der Waals surface area (Å²) in [6.07, 6.45) is 1.09. The number of hydrogen-bond donors (Lipinski definition) is 1. The van der Waals surface area contributed by atoms with Gasteiger partial charge in [-0.2, -0.15) is 0 Å². The molecule has 0 fully saturated rings. The van der Waals surface area contributed by atoms with E-state index in [2.05, 4.69) is 5.32 Å². The lowest BCUT2D eigenvalue weighted by Crippen LogP contribution is -2.32. The number of carbonyl (C=O) groups excluding carboxylic acids is 3. The van der Waals surface area contributed by atoms with Gasteiger partial charge in [-0.3, -0.25) is 9.59 Å². The number of nitrogens with one attached hydrogen (secondary N) is 1. The van der Waals surface area contributed by atoms with Gasteiger partial charge in [0.05, 0.1) is 12.2 Å². The maximum absolute atomic E-state index is 11.9. The number of amides is 2. The summed E-state index contributed by atoms with van der Waals surface area (Å²) < 4.78 is 4.90. The smallest absolute Gasteiger partial charge is 0.338 e. The minimum atomic E-state index is -0.387. The van der Waals surface area contributed by atoms with Crippen LogP contribution in [0.4, 0.5) is 5.69 Å². The van der Waals surface area contributed by atoms with E-state index in [0.717, 1.165) is 6.42 Å². The van der Waals surface area contributed by atoms with Crippen LogP contribution in [0.1, 0.15) is 44.0 Å². The molecule has 0 radical (unpaired) electrons. The van der Waals surface area contributed by atoms with Crippen LogP contribution in [0.3, 0.4) is 0 Å². The molecule has 6 nitrogen and oxygen atoms in total. The molecule has 0 aliphatic heterocycles. The Balaban J connectivity index is 2.51. The lowest BCUT2D eigenvalue weighted by molar-refractivity contribution is -0.129. The molecule has 0 unspecified atom stereocenters. The third-order valence-corrected chi connectivity index (χ3v) is 3.23. The molecule has 23 heavy (non-hydrogen) atoms. The standard InChI is InChI=1S/C17H24N2O4/c1-4-11-19(13(3)20)12-10-16(21)18-15-8-6-14(7-9-15)17(22)23-5-2/h6-9H,4-5,10-12H2,1-3H3,(H,18,21). The first kappa shape index (κ1) is 18.7. The lowest BCUT2D eigenvalue weighted by Gasteiger charge is -2.19. The monoisotopic (exact) mass is 320 g/mol. The van der Waals surface area contributed by atoms with E-state index < -0.39 is 0 Å². The molecule has 1 rings (SSSR count). The topological polar surface area (TPSA) is 75.7 Å². The van der Waals surface area contributed by atoms with Crippen LogP contribution < -0.4 is 5.32 Å². The molecule has 0 heterocycles. The molecular weight excluding hydrogens is 296 g/mol. The SMILES string of the molecule is CCCN(CCC(=O)Nc1ccc(C(=O)OCC)cc1)C(C)=O. The van der Waals surface area contributed by atoms with Gasteiger partial charge >= 0.3 is 5.97 Å². The van der Waals surface area contributed by atoms with Crippen LogP contribution >= 0.6 is 0 Å². The van der Waals surface area contributed by atoms with Gasteiger partial charge in [0, 0.05) is 32.1 Å². The number of carbonyl (C=O) groups is 3. The van der Waals surface area contributed by atoms with Gasteiger partial charge in [0.25, 0.3) is 0 Å². The van der Waals surface area contributed by atoms with E-state index in [1.807, 2.05) is 6.92 Å².